The van der Waals surface area contributed by atoms with Crippen molar-refractivity contribution in [3.8, 4) is 0 Å². The highest BCUT2D eigenvalue weighted by Crippen LogP contribution is 2.44. The lowest BCUT2D eigenvalue weighted by Gasteiger charge is -2.36. The summed E-state index contributed by atoms with van der Waals surface area (Å²) in [7, 11) is 1.98. The molecule has 1 aliphatic carbocycles. The summed E-state index contributed by atoms with van der Waals surface area (Å²) in [5.74, 6) is 1.90. The maximum atomic E-state index is 4.38. The van der Waals surface area contributed by atoms with Crippen molar-refractivity contribution in [3.05, 3.63) is 12.2 Å². The van der Waals surface area contributed by atoms with Crippen LogP contribution in [0.25, 0.3) is 0 Å². The van der Waals surface area contributed by atoms with Gasteiger partial charge in [0, 0.05) is 24.1 Å². The molecular formula is C12H19Br2N3. The van der Waals surface area contributed by atoms with Crippen molar-refractivity contribution < 1.29 is 0 Å². The molecule has 1 fully saturated rings. The van der Waals surface area contributed by atoms with E-state index in [1.165, 1.54) is 25.7 Å². The number of hydrogen-bond acceptors (Lipinski definition) is 2. The molecule has 0 bridgehead atoms. The lowest BCUT2D eigenvalue weighted by Crippen LogP contribution is -2.36. The minimum atomic E-state index is 0.289. The second-order valence-corrected chi connectivity index (χ2v) is 6.21. The fourth-order valence-electron chi connectivity index (χ4n) is 2.83. The van der Waals surface area contributed by atoms with Gasteiger partial charge in [0.2, 0.25) is 0 Å². The van der Waals surface area contributed by atoms with E-state index < -0.39 is 0 Å². The van der Waals surface area contributed by atoms with Crippen LogP contribution in [0.3, 0.4) is 0 Å². The molecule has 0 aliphatic heterocycles. The molecule has 2 rings (SSSR count). The van der Waals surface area contributed by atoms with Gasteiger partial charge in [-0.05, 0) is 24.2 Å². The summed E-state index contributed by atoms with van der Waals surface area (Å²) in [4.78, 5) is 4.38. The summed E-state index contributed by atoms with van der Waals surface area (Å²) in [6, 6.07) is 0. The third-order valence-corrected chi connectivity index (χ3v) is 6.30. The van der Waals surface area contributed by atoms with Gasteiger partial charge in [-0.25, -0.2) is 4.98 Å². The van der Waals surface area contributed by atoms with Gasteiger partial charge in [0.25, 0.3) is 0 Å². The Kier molecular flexibility index (Phi) is 4.64. The van der Waals surface area contributed by atoms with Crippen LogP contribution in [0.2, 0.25) is 0 Å². The average Bonchev–Trinajstić information content (AvgIpc) is 2.98. The number of alkyl halides is 2. The number of aryl methyl sites for hydroxylation is 1. The van der Waals surface area contributed by atoms with Crippen molar-refractivity contribution in [2.75, 3.05) is 10.7 Å². The fraction of sp³-hybridized carbons (Fsp3) is 0.833. The van der Waals surface area contributed by atoms with Gasteiger partial charge >= 0.3 is 0 Å². The molecule has 0 unspecified atom stereocenters. The van der Waals surface area contributed by atoms with E-state index in [0.29, 0.717) is 0 Å². The van der Waals surface area contributed by atoms with Crippen molar-refractivity contribution >= 4 is 31.9 Å². The zero-order valence-corrected chi connectivity index (χ0v) is 13.4. The normalized spacial score (nSPS) is 17.8. The molecule has 3 nitrogen and oxygen atoms in total. The molecule has 17 heavy (non-hydrogen) atoms. The zero-order chi connectivity index (χ0) is 12.3. The zero-order valence-electron chi connectivity index (χ0n) is 10.2. The Morgan fingerprint density at radius 3 is 2.47 bits per heavy atom. The van der Waals surface area contributed by atoms with Crippen LogP contribution < -0.4 is 0 Å². The van der Waals surface area contributed by atoms with Crippen LogP contribution in [0.4, 0.5) is 0 Å². The Hall–Kier alpha value is 0.100. The van der Waals surface area contributed by atoms with Gasteiger partial charge < -0.3 is 0 Å². The fourth-order valence-corrected chi connectivity index (χ4v) is 5.07. The molecule has 0 spiro atoms. The van der Waals surface area contributed by atoms with E-state index in [-0.39, 0.29) is 5.41 Å². The van der Waals surface area contributed by atoms with Crippen LogP contribution in [-0.4, -0.2) is 25.4 Å². The highest BCUT2D eigenvalue weighted by atomic mass is 79.9. The van der Waals surface area contributed by atoms with Crippen LogP contribution >= 0.6 is 31.9 Å². The molecule has 1 aromatic heterocycles. The third kappa shape index (κ3) is 2.75. The molecule has 1 aromatic rings. The first-order chi connectivity index (χ1) is 8.22. The maximum absolute atomic E-state index is 4.38. The van der Waals surface area contributed by atoms with E-state index in [4.69, 9.17) is 0 Å². The molecule has 0 amide bonds. The minimum absolute atomic E-state index is 0.289. The molecule has 96 valence electrons. The van der Waals surface area contributed by atoms with Gasteiger partial charge in [-0.2, -0.15) is 5.10 Å². The number of aromatic nitrogens is 3. The molecule has 0 saturated heterocycles. The van der Waals surface area contributed by atoms with Gasteiger partial charge in [-0.3, -0.25) is 4.68 Å². The second kappa shape index (κ2) is 5.83. The first kappa shape index (κ1) is 13.5. The van der Waals surface area contributed by atoms with Crippen LogP contribution in [0.1, 0.15) is 31.5 Å². The van der Waals surface area contributed by atoms with E-state index in [2.05, 4.69) is 41.9 Å². The first-order valence-electron chi connectivity index (χ1n) is 6.16. The summed E-state index contributed by atoms with van der Waals surface area (Å²) in [5, 5.41) is 6.23. The van der Waals surface area contributed by atoms with E-state index in [0.717, 1.165) is 28.8 Å². The van der Waals surface area contributed by atoms with E-state index in [1.54, 1.807) is 6.33 Å². The van der Waals surface area contributed by atoms with Crippen LogP contribution in [0, 0.1) is 11.3 Å². The first-order valence-corrected chi connectivity index (χ1v) is 8.41. The molecule has 1 saturated carbocycles. The number of halogens is 2. The molecule has 0 radical (unpaired) electrons. The van der Waals surface area contributed by atoms with Gasteiger partial charge in [0.1, 0.15) is 12.2 Å². The maximum Gasteiger partial charge on any atom is 0.138 e. The summed E-state index contributed by atoms with van der Waals surface area (Å²) in [6.07, 6.45) is 8.13. The minimum Gasteiger partial charge on any atom is -0.253 e. The Bertz CT molecular complexity index is 354. The molecule has 0 aromatic carbocycles. The van der Waals surface area contributed by atoms with Crippen LogP contribution in [-0.2, 0) is 13.5 Å². The molecular weight excluding hydrogens is 346 g/mol. The monoisotopic (exact) mass is 363 g/mol. The summed E-state index contributed by atoms with van der Waals surface area (Å²) >= 11 is 7.45. The SMILES string of the molecule is Cn1ncnc1CC(CBr)(CBr)C1CCCC1. The lowest BCUT2D eigenvalue weighted by atomic mass is 9.75. The largest absolute Gasteiger partial charge is 0.253 e. The van der Waals surface area contributed by atoms with E-state index >= 15 is 0 Å². The van der Waals surface area contributed by atoms with Gasteiger partial charge in [0.05, 0.1) is 0 Å². The Labute approximate surface area is 120 Å². The predicted octanol–water partition coefficient (Wildman–Crippen LogP) is 3.32. The van der Waals surface area contributed by atoms with Gasteiger partial charge in [0.15, 0.2) is 0 Å². The van der Waals surface area contributed by atoms with Crippen molar-refractivity contribution in [1.82, 2.24) is 14.8 Å². The highest BCUT2D eigenvalue weighted by molar-refractivity contribution is 9.09. The molecule has 0 N–H and O–H groups in total. The second-order valence-electron chi connectivity index (χ2n) is 5.09. The van der Waals surface area contributed by atoms with Gasteiger partial charge in [-0.15, -0.1) is 0 Å². The van der Waals surface area contributed by atoms with E-state index in [1.807, 2.05) is 11.7 Å². The molecule has 1 heterocycles. The summed E-state index contributed by atoms with van der Waals surface area (Å²) in [5.41, 5.74) is 0.289. The van der Waals surface area contributed by atoms with Crippen molar-refractivity contribution in [1.29, 1.82) is 0 Å². The number of nitrogens with zero attached hydrogens (tertiary/aromatic N) is 3. The highest BCUT2D eigenvalue weighted by Gasteiger charge is 2.39. The molecule has 1 aliphatic rings. The van der Waals surface area contributed by atoms with Crippen LogP contribution in [0.15, 0.2) is 6.33 Å². The smallest absolute Gasteiger partial charge is 0.138 e. The predicted molar refractivity (Wildman–Crippen MR) is 76.7 cm³/mol. The van der Waals surface area contributed by atoms with Gasteiger partial charge in [-0.1, -0.05) is 44.7 Å². The van der Waals surface area contributed by atoms with Crippen molar-refractivity contribution in [2.45, 2.75) is 32.1 Å². The quantitative estimate of drug-likeness (QED) is 0.750. The van der Waals surface area contributed by atoms with Crippen molar-refractivity contribution in [3.63, 3.8) is 0 Å². The number of hydrogen-bond donors (Lipinski definition) is 0. The van der Waals surface area contributed by atoms with E-state index in [9.17, 15) is 0 Å². The van der Waals surface area contributed by atoms with Crippen molar-refractivity contribution in [2.24, 2.45) is 18.4 Å². The summed E-state index contributed by atoms with van der Waals surface area (Å²) < 4.78 is 1.90. The third-order valence-electron chi connectivity index (χ3n) is 4.07. The Balaban J connectivity index is 2.18. The molecule has 0 atom stereocenters. The topological polar surface area (TPSA) is 30.7 Å². The lowest BCUT2D eigenvalue weighted by molar-refractivity contribution is 0.226. The van der Waals surface area contributed by atoms with Crippen LogP contribution in [0.5, 0.6) is 0 Å². The average molecular weight is 365 g/mol. The molecule has 5 heteroatoms. The Morgan fingerprint density at radius 1 is 1.35 bits per heavy atom. The Morgan fingerprint density at radius 2 is 2.00 bits per heavy atom. The summed E-state index contributed by atoms with van der Waals surface area (Å²) in [6.45, 7) is 0. The number of rotatable bonds is 5. The standard InChI is InChI=1S/C12H19Br2N3/c1-17-11(15-9-16-17)6-12(7-13,8-14)10-4-2-3-5-10/h9-10H,2-8H2,1H3.